The highest BCUT2D eigenvalue weighted by molar-refractivity contribution is 7.80. The Balaban J connectivity index is 2.63. The van der Waals surface area contributed by atoms with Crippen LogP contribution in [0.1, 0.15) is 5.56 Å². The van der Waals surface area contributed by atoms with Gasteiger partial charge in [-0.25, -0.2) is 0 Å². The molecule has 0 aliphatic carbocycles. The van der Waals surface area contributed by atoms with Gasteiger partial charge in [0.05, 0.1) is 38.0 Å². The molecule has 0 radical (unpaired) electrons. The number of hydrogen-bond acceptors (Lipinski definition) is 7. The first-order valence-corrected chi connectivity index (χ1v) is 6.59. The van der Waals surface area contributed by atoms with E-state index < -0.39 is 0 Å². The van der Waals surface area contributed by atoms with Crippen LogP contribution in [0, 0.1) is 0 Å². The van der Waals surface area contributed by atoms with E-state index in [2.05, 4.69) is 15.0 Å². The van der Waals surface area contributed by atoms with Crippen molar-refractivity contribution in [2.75, 3.05) is 21.3 Å². The van der Waals surface area contributed by atoms with Crippen LogP contribution in [-0.2, 0) is 4.74 Å². The van der Waals surface area contributed by atoms with Gasteiger partial charge < -0.3 is 14.2 Å². The van der Waals surface area contributed by atoms with E-state index >= 15 is 0 Å². The number of nitrogens with zero attached hydrogens (tertiary/aromatic N) is 3. The van der Waals surface area contributed by atoms with Crippen molar-refractivity contribution >= 4 is 28.9 Å². The van der Waals surface area contributed by atoms with Crippen molar-refractivity contribution in [1.82, 2.24) is 15.0 Å². The molecule has 110 valence electrons. The minimum Gasteiger partial charge on any atom is -0.486 e. The van der Waals surface area contributed by atoms with Crippen molar-refractivity contribution in [2.45, 2.75) is 0 Å². The zero-order chi connectivity index (χ0) is 15.4. The molecule has 6 nitrogen and oxygen atoms in total. The van der Waals surface area contributed by atoms with Crippen LogP contribution in [0.4, 0.5) is 0 Å². The van der Waals surface area contributed by atoms with Crippen molar-refractivity contribution in [3.63, 3.8) is 0 Å². The van der Waals surface area contributed by atoms with E-state index in [1.54, 1.807) is 12.1 Å². The molecule has 0 amide bonds. The number of ether oxygens (including phenoxy) is 3. The van der Waals surface area contributed by atoms with E-state index in [-0.39, 0.29) is 5.05 Å². The number of thiocarbonyl (C=S) groups is 1. The van der Waals surface area contributed by atoms with Crippen LogP contribution in [0.25, 0.3) is 11.5 Å². The maximum absolute atomic E-state index is 5.95. The third-order valence-corrected chi connectivity index (χ3v) is 3.16. The summed E-state index contributed by atoms with van der Waals surface area (Å²) in [6.07, 6.45) is 1.48. The molecule has 0 aliphatic heterocycles. The summed E-state index contributed by atoms with van der Waals surface area (Å²) < 4.78 is 15.3. The summed E-state index contributed by atoms with van der Waals surface area (Å²) in [5.41, 5.74) is 0.957. The Morgan fingerprint density at radius 3 is 2.24 bits per heavy atom. The van der Waals surface area contributed by atoms with Crippen LogP contribution < -0.4 is 9.47 Å². The zero-order valence-electron chi connectivity index (χ0n) is 11.6. The first-order chi connectivity index (χ1) is 10.1. The molecule has 0 atom stereocenters. The maximum Gasteiger partial charge on any atom is 0.220 e. The second kappa shape index (κ2) is 6.64. The van der Waals surface area contributed by atoms with Crippen LogP contribution in [0.2, 0.25) is 5.02 Å². The molecule has 2 aromatic rings. The SMILES string of the molecule is COC(=S)c1cc(Cl)cnc1-c1nc(OC)cc(OC)n1. The summed E-state index contributed by atoms with van der Waals surface area (Å²) in [5, 5.41) is 0.674. The summed E-state index contributed by atoms with van der Waals surface area (Å²) in [4.78, 5) is 12.7. The van der Waals surface area contributed by atoms with Crippen molar-refractivity contribution in [3.8, 4) is 23.3 Å². The second-order valence-corrected chi connectivity index (χ2v) is 4.62. The summed E-state index contributed by atoms with van der Waals surface area (Å²) in [6, 6.07) is 3.21. The molecule has 0 aliphatic rings. The standard InChI is InChI=1S/C13H12ClN3O3S/c1-18-9-5-10(19-2)17-12(16-9)11-8(13(21)20-3)4-7(14)6-15-11/h4-6H,1-3H3. The van der Waals surface area contributed by atoms with Crippen LogP contribution >= 0.6 is 23.8 Å². The van der Waals surface area contributed by atoms with Crippen LogP contribution in [0.5, 0.6) is 11.8 Å². The highest BCUT2D eigenvalue weighted by Gasteiger charge is 2.17. The molecular weight excluding hydrogens is 314 g/mol. The van der Waals surface area contributed by atoms with Gasteiger partial charge in [-0.1, -0.05) is 11.6 Å². The van der Waals surface area contributed by atoms with Gasteiger partial charge in [-0.3, -0.25) is 4.98 Å². The molecule has 2 rings (SSSR count). The monoisotopic (exact) mass is 325 g/mol. The van der Waals surface area contributed by atoms with Gasteiger partial charge in [-0.15, -0.1) is 0 Å². The van der Waals surface area contributed by atoms with Crippen molar-refractivity contribution < 1.29 is 14.2 Å². The van der Waals surface area contributed by atoms with Crippen molar-refractivity contribution in [1.29, 1.82) is 0 Å². The van der Waals surface area contributed by atoms with Crippen molar-refractivity contribution in [3.05, 3.63) is 28.9 Å². The predicted octanol–water partition coefficient (Wildman–Crippen LogP) is 2.53. The minimum absolute atomic E-state index is 0.241. The fourth-order valence-corrected chi connectivity index (χ4v) is 1.92. The smallest absolute Gasteiger partial charge is 0.220 e. The van der Waals surface area contributed by atoms with Gasteiger partial charge in [0.1, 0.15) is 5.69 Å². The molecule has 0 saturated heterocycles. The quantitative estimate of drug-likeness (QED) is 0.800. The van der Waals surface area contributed by atoms with Gasteiger partial charge in [0.2, 0.25) is 11.8 Å². The Kier molecular flexibility index (Phi) is 4.87. The summed E-state index contributed by atoms with van der Waals surface area (Å²) in [7, 11) is 4.48. The van der Waals surface area contributed by atoms with Crippen LogP contribution in [-0.4, -0.2) is 41.3 Å². The van der Waals surface area contributed by atoms with Gasteiger partial charge in [-0.05, 0) is 18.3 Å². The number of aromatic nitrogens is 3. The summed E-state index contributed by atoms with van der Waals surface area (Å²) in [6.45, 7) is 0. The Bertz CT molecular complexity index is 659. The lowest BCUT2D eigenvalue weighted by atomic mass is 10.2. The van der Waals surface area contributed by atoms with E-state index in [9.17, 15) is 0 Å². The summed E-state index contributed by atoms with van der Waals surface area (Å²) in [5.74, 6) is 1.00. The third-order valence-electron chi connectivity index (χ3n) is 2.57. The van der Waals surface area contributed by atoms with Gasteiger partial charge in [0.25, 0.3) is 0 Å². The zero-order valence-corrected chi connectivity index (χ0v) is 13.2. The molecule has 0 bridgehead atoms. The average Bonchev–Trinajstić information content (AvgIpc) is 2.53. The maximum atomic E-state index is 5.95. The highest BCUT2D eigenvalue weighted by Crippen LogP contribution is 2.26. The molecule has 21 heavy (non-hydrogen) atoms. The number of rotatable bonds is 4. The molecule has 2 aromatic heterocycles. The summed E-state index contributed by atoms with van der Waals surface area (Å²) >= 11 is 11.1. The average molecular weight is 326 g/mol. The van der Waals surface area contributed by atoms with Crippen molar-refractivity contribution in [2.24, 2.45) is 0 Å². The fraction of sp³-hybridized carbons (Fsp3) is 0.231. The first-order valence-electron chi connectivity index (χ1n) is 5.80. The number of pyridine rings is 1. The Morgan fingerprint density at radius 2 is 1.71 bits per heavy atom. The lowest BCUT2D eigenvalue weighted by Gasteiger charge is -2.10. The first kappa shape index (κ1) is 15.4. The lowest BCUT2D eigenvalue weighted by Crippen LogP contribution is -2.06. The van der Waals surface area contributed by atoms with E-state index in [0.29, 0.717) is 33.9 Å². The van der Waals surface area contributed by atoms with E-state index in [1.165, 1.54) is 27.5 Å². The molecule has 8 heteroatoms. The number of methoxy groups -OCH3 is 3. The van der Waals surface area contributed by atoms with Crippen LogP contribution in [0.15, 0.2) is 18.3 Å². The molecular formula is C13H12ClN3O3S. The van der Waals surface area contributed by atoms with E-state index in [4.69, 9.17) is 38.0 Å². The Hall–Kier alpha value is -1.99. The molecule has 0 unspecified atom stereocenters. The van der Waals surface area contributed by atoms with Gasteiger partial charge >= 0.3 is 0 Å². The lowest BCUT2D eigenvalue weighted by molar-refractivity contribution is 0.372. The Morgan fingerprint density at radius 1 is 1.10 bits per heavy atom. The van der Waals surface area contributed by atoms with Gasteiger partial charge in [0, 0.05) is 6.20 Å². The molecule has 0 N–H and O–H groups in total. The predicted molar refractivity (Wildman–Crippen MR) is 82.1 cm³/mol. The molecule has 0 saturated carbocycles. The second-order valence-electron chi connectivity index (χ2n) is 3.82. The highest BCUT2D eigenvalue weighted by atomic mass is 35.5. The Labute approximate surface area is 132 Å². The molecule has 0 aromatic carbocycles. The number of halogens is 1. The largest absolute Gasteiger partial charge is 0.486 e. The third kappa shape index (κ3) is 3.37. The number of hydrogen-bond donors (Lipinski definition) is 0. The molecule has 0 fully saturated rings. The fourth-order valence-electron chi connectivity index (χ4n) is 1.60. The van der Waals surface area contributed by atoms with Gasteiger partial charge in [0.15, 0.2) is 10.9 Å². The molecule has 2 heterocycles. The van der Waals surface area contributed by atoms with Gasteiger partial charge in [-0.2, -0.15) is 9.97 Å². The normalized spacial score (nSPS) is 10.1. The molecule has 0 spiro atoms. The van der Waals surface area contributed by atoms with E-state index in [1.807, 2.05) is 0 Å². The van der Waals surface area contributed by atoms with Crippen LogP contribution in [0.3, 0.4) is 0 Å². The minimum atomic E-state index is 0.241. The van der Waals surface area contributed by atoms with E-state index in [0.717, 1.165) is 0 Å². The topological polar surface area (TPSA) is 66.4 Å².